The standard InChI is InChI=1S/C11H10BrF2NO/c12-6-1-2-7(13)8(9(6)14)10(16)11(5-15)3-4-11/h1-2H,3-5,15H2. The predicted octanol–water partition coefficient (Wildman–Crippen LogP) is 2.65. The molecule has 0 radical (unpaired) electrons. The number of carbonyl (C=O) groups is 1. The number of nitrogens with two attached hydrogens (primary N) is 1. The average Bonchev–Trinajstić information content (AvgIpc) is 3.05. The number of rotatable bonds is 3. The molecular weight excluding hydrogens is 280 g/mol. The zero-order chi connectivity index (χ0) is 11.9. The van der Waals surface area contributed by atoms with E-state index in [1.54, 1.807) is 0 Å². The molecule has 0 heterocycles. The van der Waals surface area contributed by atoms with Crippen LogP contribution in [0.2, 0.25) is 0 Å². The van der Waals surface area contributed by atoms with E-state index in [2.05, 4.69) is 15.9 Å². The molecule has 1 saturated carbocycles. The van der Waals surface area contributed by atoms with Crippen molar-refractivity contribution < 1.29 is 13.6 Å². The molecule has 1 aliphatic carbocycles. The molecule has 86 valence electrons. The van der Waals surface area contributed by atoms with Gasteiger partial charge in [-0.25, -0.2) is 8.78 Å². The monoisotopic (exact) mass is 289 g/mol. The first kappa shape index (κ1) is 11.7. The Morgan fingerprint density at radius 3 is 2.56 bits per heavy atom. The second-order valence-electron chi connectivity index (χ2n) is 4.03. The lowest BCUT2D eigenvalue weighted by molar-refractivity contribution is 0.0896. The molecule has 0 atom stereocenters. The van der Waals surface area contributed by atoms with Crippen molar-refractivity contribution in [2.24, 2.45) is 11.1 Å². The molecular formula is C11H10BrF2NO. The van der Waals surface area contributed by atoms with Crippen LogP contribution >= 0.6 is 15.9 Å². The van der Waals surface area contributed by atoms with Gasteiger partial charge in [-0.05, 0) is 40.9 Å². The molecule has 16 heavy (non-hydrogen) atoms. The summed E-state index contributed by atoms with van der Waals surface area (Å²) in [5, 5.41) is 0. The molecule has 1 aromatic rings. The van der Waals surface area contributed by atoms with Crippen LogP contribution in [0, 0.1) is 17.0 Å². The number of hydrogen-bond donors (Lipinski definition) is 1. The second kappa shape index (κ2) is 3.89. The van der Waals surface area contributed by atoms with Crippen molar-refractivity contribution in [1.82, 2.24) is 0 Å². The molecule has 0 amide bonds. The van der Waals surface area contributed by atoms with Crippen LogP contribution in [0.5, 0.6) is 0 Å². The minimum absolute atomic E-state index is 0.0880. The molecule has 0 saturated heterocycles. The highest BCUT2D eigenvalue weighted by molar-refractivity contribution is 9.10. The third kappa shape index (κ3) is 1.68. The van der Waals surface area contributed by atoms with Crippen LogP contribution in [0.4, 0.5) is 8.78 Å². The van der Waals surface area contributed by atoms with Gasteiger partial charge in [-0.15, -0.1) is 0 Å². The molecule has 1 aromatic carbocycles. The molecule has 5 heteroatoms. The topological polar surface area (TPSA) is 43.1 Å². The summed E-state index contributed by atoms with van der Waals surface area (Å²) < 4.78 is 27.2. The van der Waals surface area contributed by atoms with Crippen LogP contribution < -0.4 is 5.73 Å². The Kier molecular flexibility index (Phi) is 2.84. The maximum absolute atomic E-state index is 13.7. The number of benzene rings is 1. The van der Waals surface area contributed by atoms with Gasteiger partial charge < -0.3 is 5.73 Å². The van der Waals surface area contributed by atoms with E-state index in [4.69, 9.17) is 5.73 Å². The fourth-order valence-electron chi connectivity index (χ4n) is 1.68. The van der Waals surface area contributed by atoms with E-state index in [9.17, 15) is 13.6 Å². The molecule has 0 bridgehead atoms. The number of halogens is 3. The Hall–Kier alpha value is -0.810. The summed E-state index contributed by atoms with van der Waals surface area (Å²) in [7, 11) is 0. The van der Waals surface area contributed by atoms with Gasteiger partial charge in [-0.1, -0.05) is 0 Å². The van der Waals surface area contributed by atoms with E-state index in [-0.39, 0.29) is 11.0 Å². The fraction of sp³-hybridized carbons (Fsp3) is 0.364. The highest BCUT2D eigenvalue weighted by Gasteiger charge is 2.50. The number of hydrogen-bond acceptors (Lipinski definition) is 2. The maximum Gasteiger partial charge on any atom is 0.176 e. The van der Waals surface area contributed by atoms with Crippen LogP contribution in [-0.2, 0) is 0 Å². The third-order valence-electron chi connectivity index (χ3n) is 3.00. The minimum atomic E-state index is -0.843. The zero-order valence-corrected chi connectivity index (χ0v) is 9.98. The molecule has 1 fully saturated rings. The third-order valence-corrected chi connectivity index (χ3v) is 3.61. The second-order valence-corrected chi connectivity index (χ2v) is 4.89. The Morgan fingerprint density at radius 2 is 2.06 bits per heavy atom. The lowest BCUT2D eigenvalue weighted by Crippen LogP contribution is -2.27. The van der Waals surface area contributed by atoms with Crippen LogP contribution in [0.15, 0.2) is 16.6 Å². The van der Waals surface area contributed by atoms with Gasteiger partial charge in [0.25, 0.3) is 0 Å². The van der Waals surface area contributed by atoms with Crippen LogP contribution in [0.1, 0.15) is 23.2 Å². The number of carbonyl (C=O) groups excluding carboxylic acids is 1. The van der Waals surface area contributed by atoms with Gasteiger partial charge >= 0.3 is 0 Å². The highest BCUT2D eigenvalue weighted by atomic mass is 79.9. The minimum Gasteiger partial charge on any atom is -0.329 e. The zero-order valence-electron chi connectivity index (χ0n) is 8.40. The van der Waals surface area contributed by atoms with Gasteiger partial charge in [-0.2, -0.15) is 0 Å². The van der Waals surface area contributed by atoms with Crippen molar-refractivity contribution >= 4 is 21.7 Å². The van der Waals surface area contributed by atoms with Gasteiger partial charge in [-0.3, -0.25) is 4.79 Å². The smallest absolute Gasteiger partial charge is 0.176 e. The molecule has 0 unspecified atom stereocenters. The van der Waals surface area contributed by atoms with Gasteiger partial charge in [0.2, 0.25) is 0 Å². The molecule has 0 aliphatic heterocycles. The van der Waals surface area contributed by atoms with Crippen LogP contribution in [-0.4, -0.2) is 12.3 Å². The molecule has 0 aromatic heterocycles. The lowest BCUT2D eigenvalue weighted by Gasteiger charge is -2.12. The summed E-state index contributed by atoms with van der Waals surface area (Å²) in [6, 6.07) is 2.32. The number of ketones is 1. The highest BCUT2D eigenvalue weighted by Crippen LogP contribution is 2.48. The summed E-state index contributed by atoms with van der Waals surface area (Å²) in [6.07, 6.45) is 1.21. The van der Waals surface area contributed by atoms with Crippen molar-refractivity contribution in [3.63, 3.8) is 0 Å². The Bertz CT molecular complexity index is 458. The van der Waals surface area contributed by atoms with Crippen molar-refractivity contribution in [3.8, 4) is 0 Å². The Balaban J connectivity index is 2.48. The summed E-state index contributed by atoms with van der Waals surface area (Å²) in [5.41, 5.74) is 4.26. The summed E-state index contributed by atoms with van der Waals surface area (Å²) >= 11 is 2.93. The quantitative estimate of drug-likeness (QED) is 0.687. The van der Waals surface area contributed by atoms with Gasteiger partial charge in [0, 0.05) is 12.0 Å². The van der Waals surface area contributed by atoms with E-state index < -0.39 is 28.4 Å². The largest absolute Gasteiger partial charge is 0.329 e. The molecule has 2 N–H and O–H groups in total. The Labute approximate surface area is 100.0 Å². The van der Waals surface area contributed by atoms with Gasteiger partial charge in [0.1, 0.15) is 5.82 Å². The molecule has 0 spiro atoms. The average molecular weight is 290 g/mol. The summed E-state index contributed by atoms with van der Waals surface area (Å²) in [4.78, 5) is 12.0. The first-order valence-corrected chi connectivity index (χ1v) is 5.69. The van der Waals surface area contributed by atoms with Crippen molar-refractivity contribution in [2.45, 2.75) is 12.8 Å². The van der Waals surface area contributed by atoms with E-state index in [1.165, 1.54) is 6.07 Å². The SMILES string of the molecule is NCC1(C(=O)c2c(F)ccc(Br)c2F)CC1. The van der Waals surface area contributed by atoms with E-state index in [1.807, 2.05) is 0 Å². The summed E-state index contributed by atoms with van der Waals surface area (Å²) in [5.74, 6) is -2.19. The molecule has 2 nitrogen and oxygen atoms in total. The van der Waals surface area contributed by atoms with Gasteiger partial charge in [0.05, 0.1) is 10.0 Å². The first-order chi connectivity index (χ1) is 7.52. The van der Waals surface area contributed by atoms with Crippen molar-refractivity contribution in [2.75, 3.05) is 6.54 Å². The first-order valence-electron chi connectivity index (χ1n) is 4.90. The van der Waals surface area contributed by atoms with E-state index in [0.29, 0.717) is 12.8 Å². The predicted molar refractivity (Wildman–Crippen MR) is 59.1 cm³/mol. The van der Waals surface area contributed by atoms with Crippen molar-refractivity contribution in [3.05, 3.63) is 33.8 Å². The maximum atomic E-state index is 13.7. The van der Waals surface area contributed by atoms with E-state index >= 15 is 0 Å². The summed E-state index contributed by atoms with van der Waals surface area (Å²) in [6.45, 7) is 0.136. The van der Waals surface area contributed by atoms with Crippen LogP contribution in [0.3, 0.4) is 0 Å². The van der Waals surface area contributed by atoms with E-state index in [0.717, 1.165) is 6.07 Å². The fourth-order valence-corrected chi connectivity index (χ4v) is 2.01. The normalized spacial score (nSPS) is 17.2. The number of Topliss-reactive ketones (excluding diaryl/α,β-unsaturated/α-hetero) is 1. The molecule has 2 rings (SSSR count). The lowest BCUT2D eigenvalue weighted by atomic mass is 9.94. The molecule has 1 aliphatic rings. The van der Waals surface area contributed by atoms with Gasteiger partial charge in [0.15, 0.2) is 11.6 Å². The van der Waals surface area contributed by atoms with Crippen molar-refractivity contribution in [1.29, 1.82) is 0 Å². The van der Waals surface area contributed by atoms with Crippen LogP contribution in [0.25, 0.3) is 0 Å². The Morgan fingerprint density at radius 1 is 1.44 bits per heavy atom.